The molecule has 2 heterocycles. The Morgan fingerprint density at radius 3 is 1.38 bits per heavy atom. The highest BCUT2D eigenvalue weighted by atomic mass is 31.2. The van der Waals surface area contributed by atoms with Crippen LogP contribution >= 0.6 is 7.82 Å². The van der Waals surface area contributed by atoms with Crippen molar-refractivity contribution in [1.29, 1.82) is 0 Å². The molecule has 2 N–H and O–H groups in total. The molecular formula is C61H79N2O16PSi. The number of amides is 2. The number of rotatable bonds is 28. The second-order valence-corrected chi connectivity index (χ2v) is 28.0. The Labute approximate surface area is 477 Å². The average molecular weight is 1160 g/mol. The molecule has 81 heavy (non-hydrogen) atoms. The molecule has 0 radical (unpaired) electrons. The summed E-state index contributed by atoms with van der Waals surface area (Å²) in [5.74, 6) is -1.78. The number of nitrogens with one attached hydrogen (secondary N) is 2. The van der Waals surface area contributed by atoms with E-state index in [4.69, 9.17) is 55.9 Å². The summed E-state index contributed by atoms with van der Waals surface area (Å²) in [6.45, 7) is 14.6. The molecule has 2 amide bonds. The maximum absolute atomic E-state index is 15.3. The van der Waals surface area contributed by atoms with Crippen LogP contribution in [-0.2, 0) is 108 Å². The van der Waals surface area contributed by atoms with Crippen molar-refractivity contribution < 1.29 is 74.8 Å². The fraction of sp³-hybridized carbons (Fsp3) is 0.459. The van der Waals surface area contributed by atoms with Gasteiger partial charge in [-0.1, -0.05) is 172 Å². The first-order valence-corrected chi connectivity index (χ1v) is 31.6. The summed E-state index contributed by atoms with van der Waals surface area (Å²) >= 11 is 0. The highest BCUT2D eigenvalue weighted by Crippen LogP contribution is 2.54. The quantitative estimate of drug-likeness (QED) is 0.0272. The number of methoxy groups -OCH3 is 1. The molecule has 5 aromatic carbocycles. The Hall–Kier alpha value is -5.48. The van der Waals surface area contributed by atoms with Crippen LogP contribution < -0.4 is 10.6 Å². The standard InChI is InChI=1S/C61H79N2O16PSi/c1-42(58(66)68-7)74-57-53(63-44(3)65)60(78-80(67,72-38-48-31-21-13-22-32-48)73-39-49-33-23-14-24-34-49)76-50(40-69-35-45-25-15-10-16-26-45)54(57)77-59-52(62-43(2)64)56(71-37-47-29-19-12-20-30-47)55(79-81(8,9)61(4,5)6)51(75-59)41-70-36-46-27-17-11-18-28-46/h10-34,42,50-57,59-60H,35-41H2,1-9H3,(H,62,64)(H,63,65)/t42-,50-,51-,52-,53-,54-,55-,56-,57-,59+,60-/m1/s1. The van der Waals surface area contributed by atoms with Crippen molar-refractivity contribution in [2.75, 3.05) is 20.3 Å². The molecular weight excluding hydrogens is 1080 g/mol. The second kappa shape index (κ2) is 30.2. The SMILES string of the molecule is COC(=O)[C@@H](C)O[C@@H]1[C@@H](NC(C)=O)[C@@H](OP(=O)(OCc2ccccc2)OCc2ccccc2)O[C@H](COCc2ccccc2)[C@H]1O[C@@H]1O[C@H](COCc2ccccc2)[C@@H](O[Si](C)(C)C(C)(C)C)[C@H](OCc2ccccc2)[C@H]1NC(C)=O. The first-order valence-electron chi connectivity index (χ1n) is 27.3. The summed E-state index contributed by atoms with van der Waals surface area (Å²) in [6.07, 6.45) is -11.2. The van der Waals surface area contributed by atoms with E-state index in [1.54, 1.807) is 24.3 Å². The Morgan fingerprint density at radius 1 is 0.568 bits per heavy atom. The highest BCUT2D eigenvalue weighted by Gasteiger charge is 2.57. The summed E-state index contributed by atoms with van der Waals surface area (Å²) in [5, 5.41) is 5.70. The predicted octanol–water partition coefficient (Wildman–Crippen LogP) is 9.75. The number of carbonyl (C=O) groups is 3. The van der Waals surface area contributed by atoms with Gasteiger partial charge in [0, 0.05) is 13.8 Å². The van der Waals surface area contributed by atoms with E-state index in [0.29, 0.717) is 11.1 Å². The van der Waals surface area contributed by atoms with Crippen LogP contribution in [0.3, 0.4) is 0 Å². The normalized spacial score (nSPS) is 23.7. The molecule has 2 fully saturated rings. The maximum atomic E-state index is 15.3. The fourth-order valence-electron chi connectivity index (χ4n) is 9.04. The molecule has 20 heteroatoms. The largest absolute Gasteiger partial charge is 0.477 e. The Kier molecular flexibility index (Phi) is 23.5. The van der Waals surface area contributed by atoms with E-state index in [1.807, 2.05) is 127 Å². The second-order valence-electron chi connectivity index (χ2n) is 21.6. The Morgan fingerprint density at radius 2 is 0.963 bits per heavy atom. The van der Waals surface area contributed by atoms with Gasteiger partial charge in [-0.05, 0) is 52.9 Å². The van der Waals surface area contributed by atoms with Crippen LogP contribution in [0.1, 0.15) is 69.4 Å². The van der Waals surface area contributed by atoms with Gasteiger partial charge < -0.3 is 53.0 Å². The van der Waals surface area contributed by atoms with E-state index in [0.717, 1.165) is 16.7 Å². The van der Waals surface area contributed by atoms with Crippen molar-refractivity contribution in [3.8, 4) is 0 Å². The first kappa shape index (κ1) is 63.1. The fourth-order valence-corrected chi connectivity index (χ4v) is 11.6. The molecule has 438 valence electrons. The summed E-state index contributed by atoms with van der Waals surface area (Å²) in [5.41, 5.74) is 3.94. The summed E-state index contributed by atoms with van der Waals surface area (Å²) < 4.78 is 94.2. The van der Waals surface area contributed by atoms with E-state index < -0.39 is 101 Å². The number of phosphoric ester groups is 1. The van der Waals surface area contributed by atoms with E-state index in [2.05, 4.69) is 44.5 Å². The lowest BCUT2D eigenvalue weighted by atomic mass is 9.94. The zero-order chi connectivity index (χ0) is 58.0. The zero-order valence-electron chi connectivity index (χ0n) is 47.7. The minimum atomic E-state index is -4.70. The van der Waals surface area contributed by atoms with Gasteiger partial charge in [-0.3, -0.25) is 23.2 Å². The number of esters is 1. The van der Waals surface area contributed by atoms with Gasteiger partial charge in [0.25, 0.3) is 0 Å². The highest BCUT2D eigenvalue weighted by molar-refractivity contribution is 7.48. The van der Waals surface area contributed by atoms with Crippen molar-refractivity contribution in [1.82, 2.24) is 10.6 Å². The molecule has 0 saturated carbocycles. The summed E-state index contributed by atoms with van der Waals surface area (Å²) in [6, 6.07) is 44.3. The van der Waals surface area contributed by atoms with Crippen molar-refractivity contribution in [3.05, 3.63) is 179 Å². The number of phosphoric acid groups is 1. The van der Waals surface area contributed by atoms with Crippen LogP contribution in [0.4, 0.5) is 0 Å². The van der Waals surface area contributed by atoms with Crippen molar-refractivity contribution in [2.45, 2.75) is 160 Å². The number of carbonyl (C=O) groups excluding carboxylic acids is 3. The van der Waals surface area contributed by atoms with Gasteiger partial charge in [-0.15, -0.1) is 0 Å². The maximum Gasteiger partial charge on any atom is 0.477 e. The average Bonchev–Trinajstić information content (AvgIpc) is 3.59. The third-order valence-electron chi connectivity index (χ3n) is 14.2. The smallest absolute Gasteiger partial charge is 0.467 e. The van der Waals surface area contributed by atoms with E-state index >= 15 is 4.57 Å². The lowest BCUT2D eigenvalue weighted by Crippen LogP contribution is -2.71. The first-order chi connectivity index (χ1) is 38.8. The van der Waals surface area contributed by atoms with Gasteiger partial charge in [0.1, 0.15) is 48.7 Å². The van der Waals surface area contributed by atoms with Crippen molar-refractivity contribution in [3.63, 3.8) is 0 Å². The number of ether oxygens (including phenoxy) is 8. The predicted molar refractivity (Wildman–Crippen MR) is 304 cm³/mol. The topological polar surface area (TPSA) is 203 Å². The van der Waals surface area contributed by atoms with E-state index in [1.165, 1.54) is 27.9 Å². The summed E-state index contributed by atoms with van der Waals surface area (Å²) in [7, 11) is -6.18. The van der Waals surface area contributed by atoms with E-state index in [-0.39, 0.29) is 51.3 Å². The van der Waals surface area contributed by atoms with Crippen LogP contribution in [0.25, 0.3) is 0 Å². The summed E-state index contributed by atoms with van der Waals surface area (Å²) in [4.78, 5) is 40.7. The van der Waals surface area contributed by atoms with Gasteiger partial charge >= 0.3 is 13.8 Å². The molecule has 11 atom stereocenters. The molecule has 0 aliphatic carbocycles. The molecule has 5 aromatic rings. The monoisotopic (exact) mass is 1150 g/mol. The lowest BCUT2D eigenvalue weighted by molar-refractivity contribution is -0.335. The molecule has 7 rings (SSSR count). The molecule has 18 nitrogen and oxygen atoms in total. The van der Waals surface area contributed by atoms with Crippen LogP contribution in [0.2, 0.25) is 18.1 Å². The minimum absolute atomic E-state index is 0.0121. The van der Waals surface area contributed by atoms with Crippen LogP contribution in [0.5, 0.6) is 0 Å². The third kappa shape index (κ3) is 18.8. The van der Waals surface area contributed by atoms with E-state index in [9.17, 15) is 14.4 Å². The Balaban J connectivity index is 1.34. The van der Waals surface area contributed by atoms with Gasteiger partial charge in [-0.2, -0.15) is 0 Å². The van der Waals surface area contributed by atoms with Gasteiger partial charge in [0.2, 0.25) is 11.8 Å². The molecule has 0 spiro atoms. The van der Waals surface area contributed by atoms with Gasteiger partial charge in [0.05, 0.1) is 53.4 Å². The molecule has 0 unspecified atom stereocenters. The zero-order valence-corrected chi connectivity index (χ0v) is 49.6. The number of hydrogen-bond acceptors (Lipinski definition) is 16. The van der Waals surface area contributed by atoms with Crippen LogP contribution in [0.15, 0.2) is 152 Å². The molecule has 2 aliphatic heterocycles. The molecule has 0 aromatic heterocycles. The van der Waals surface area contributed by atoms with Crippen molar-refractivity contribution in [2.24, 2.45) is 0 Å². The van der Waals surface area contributed by atoms with Crippen LogP contribution in [0, 0.1) is 0 Å². The minimum Gasteiger partial charge on any atom is -0.467 e. The molecule has 0 bridgehead atoms. The van der Waals surface area contributed by atoms with Crippen LogP contribution in [-0.4, -0.2) is 114 Å². The van der Waals surface area contributed by atoms with Gasteiger partial charge in [-0.25, -0.2) is 9.36 Å². The lowest BCUT2D eigenvalue weighted by Gasteiger charge is -2.52. The third-order valence-corrected chi connectivity index (χ3v) is 20.1. The Bertz CT molecular complexity index is 2700. The number of hydrogen-bond donors (Lipinski definition) is 2. The number of benzene rings is 5. The molecule has 2 aliphatic rings. The molecule has 2 saturated heterocycles. The van der Waals surface area contributed by atoms with Crippen molar-refractivity contribution >= 4 is 33.9 Å². The van der Waals surface area contributed by atoms with Gasteiger partial charge in [0.15, 0.2) is 27.0 Å².